The smallest absolute Gasteiger partial charge is 0.336 e. The number of benzene rings is 2. The molecule has 2 rings (SSSR count). The Kier molecular flexibility index (Phi) is 4.36. The number of carbonyl (C=O) groups is 1. The van der Waals surface area contributed by atoms with Crippen LogP contribution >= 0.6 is 22.6 Å². The van der Waals surface area contributed by atoms with Gasteiger partial charge in [0.05, 0.1) is 5.56 Å². The molecular formula is C14H10FIO3. The van der Waals surface area contributed by atoms with Crippen molar-refractivity contribution in [3.63, 3.8) is 0 Å². The summed E-state index contributed by atoms with van der Waals surface area (Å²) in [5.74, 6) is -0.958. The topological polar surface area (TPSA) is 46.5 Å². The molecule has 0 unspecified atom stereocenters. The predicted molar refractivity (Wildman–Crippen MR) is 76.9 cm³/mol. The van der Waals surface area contributed by atoms with Crippen LogP contribution in [0, 0.1) is 9.39 Å². The lowest BCUT2D eigenvalue weighted by molar-refractivity contribution is 0.0694. The molecule has 0 radical (unpaired) electrons. The van der Waals surface area contributed by atoms with Crippen LogP contribution in [0.2, 0.25) is 0 Å². The highest BCUT2D eigenvalue weighted by Crippen LogP contribution is 2.18. The third-order valence-corrected chi connectivity index (χ3v) is 3.16. The summed E-state index contributed by atoms with van der Waals surface area (Å²) in [4.78, 5) is 11.0. The fourth-order valence-electron chi connectivity index (χ4n) is 1.61. The highest BCUT2D eigenvalue weighted by molar-refractivity contribution is 14.1. The maximum atomic E-state index is 13.2. The minimum absolute atomic E-state index is 0.0134. The fourth-order valence-corrected chi connectivity index (χ4v) is 2.12. The molecule has 0 saturated heterocycles. The van der Waals surface area contributed by atoms with Crippen LogP contribution in [0.5, 0.6) is 5.75 Å². The summed E-state index contributed by atoms with van der Waals surface area (Å²) < 4.78 is 19.6. The number of hydrogen-bond donors (Lipinski definition) is 1. The molecule has 0 aromatic heterocycles. The van der Waals surface area contributed by atoms with E-state index in [1.165, 1.54) is 12.1 Å². The van der Waals surface area contributed by atoms with Gasteiger partial charge in [-0.05, 0) is 59.0 Å². The summed E-state index contributed by atoms with van der Waals surface area (Å²) in [5, 5.41) is 9.02. The van der Waals surface area contributed by atoms with Crippen LogP contribution < -0.4 is 4.74 Å². The first-order valence-corrected chi connectivity index (χ1v) is 6.54. The van der Waals surface area contributed by atoms with E-state index in [1.807, 2.05) is 18.2 Å². The number of carboxylic acid groups (broad SMARTS) is 1. The van der Waals surface area contributed by atoms with Crippen molar-refractivity contribution >= 4 is 28.6 Å². The summed E-state index contributed by atoms with van der Waals surface area (Å²) >= 11 is 2.15. The largest absolute Gasteiger partial charge is 0.489 e. The predicted octanol–water partition coefficient (Wildman–Crippen LogP) is 3.71. The quantitative estimate of drug-likeness (QED) is 0.833. The maximum Gasteiger partial charge on any atom is 0.336 e. The van der Waals surface area contributed by atoms with E-state index in [1.54, 1.807) is 6.07 Å². The first kappa shape index (κ1) is 13.8. The van der Waals surface area contributed by atoms with Gasteiger partial charge in [0.25, 0.3) is 0 Å². The molecule has 2 aromatic rings. The van der Waals surface area contributed by atoms with Crippen molar-refractivity contribution in [1.82, 2.24) is 0 Å². The zero-order valence-electron chi connectivity index (χ0n) is 9.77. The Hall–Kier alpha value is -1.63. The highest BCUT2D eigenvalue weighted by atomic mass is 127. The van der Waals surface area contributed by atoms with Crippen molar-refractivity contribution in [1.29, 1.82) is 0 Å². The van der Waals surface area contributed by atoms with Crippen LogP contribution in [0.4, 0.5) is 4.39 Å². The standard InChI is InChI=1S/C14H10FIO3/c15-10-4-5-13(14(17)18)9(6-10)8-19-12-3-1-2-11(16)7-12/h1-7H,8H2,(H,17,18). The number of rotatable bonds is 4. The monoisotopic (exact) mass is 372 g/mol. The van der Waals surface area contributed by atoms with Crippen LogP contribution in [-0.2, 0) is 6.61 Å². The molecule has 0 atom stereocenters. The Bertz CT molecular complexity index is 613. The molecule has 0 amide bonds. The number of aromatic carboxylic acids is 1. The maximum absolute atomic E-state index is 13.2. The second-order valence-electron chi connectivity index (χ2n) is 3.85. The third kappa shape index (κ3) is 3.66. The van der Waals surface area contributed by atoms with Crippen LogP contribution in [-0.4, -0.2) is 11.1 Å². The van der Waals surface area contributed by atoms with Gasteiger partial charge in [-0.3, -0.25) is 0 Å². The zero-order chi connectivity index (χ0) is 13.8. The fraction of sp³-hybridized carbons (Fsp3) is 0.0714. The molecule has 0 heterocycles. The summed E-state index contributed by atoms with van der Waals surface area (Å²) in [6.45, 7) is 0.0134. The van der Waals surface area contributed by atoms with E-state index in [4.69, 9.17) is 9.84 Å². The average Bonchev–Trinajstić information content (AvgIpc) is 2.36. The Labute approximate surface area is 123 Å². The lowest BCUT2D eigenvalue weighted by Crippen LogP contribution is -2.06. The van der Waals surface area contributed by atoms with Gasteiger partial charge in [-0.25, -0.2) is 9.18 Å². The molecule has 0 bridgehead atoms. The van der Waals surface area contributed by atoms with Crippen LogP contribution in [0.25, 0.3) is 0 Å². The summed E-state index contributed by atoms with van der Waals surface area (Å²) in [7, 11) is 0. The lowest BCUT2D eigenvalue weighted by atomic mass is 10.1. The van der Waals surface area contributed by atoms with Crippen molar-refractivity contribution in [3.8, 4) is 5.75 Å². The van der Waals surface area contributed by atoms with Gasteiger partial charge in [-0.15, -0.1) is 0 Å². The summed E-state index contributed by atoms with van der Waals surface area (Å²) in [5.41, 5.74) is 0.360. The molecule has 0 aliphatic rings. The summed E-state index contributed by atoms with van der Waals surface area (Å²) in [6, 6.07) is 10.9. The van der Waals surface area contributed by atoms with E-state index in [9.17, 15) is 9.18 Å². The van der Waals surface area contributed by atoms with Gasteiger partial charge in [0, 0.05) is 9.13 Å². The van der Waals surface area contributed by atoms with Gasteiger partial charge in [-0.2, -0.15) is 0 Å². The third-order valence-electron chi connectivity index (χ3n) is 2.49. The molecule has 1 N–H and O–H groups in total. The van der Waals surface area contributed by atoms with E-state index >= 15 is 0 Å². The minimum Gasteiger partial charge on any atom is -0.489 e. The number of carboxylic acids is 1. The van der Waals surface area contributed by atoms with Crippen LogP contribution in [0.1, 0.15) is 15.9 Å². The molecule has 0 spiro atoms. The molecule has 19 heavy (non-hydrogen) atoms. The van der Waals surface area contributed by atoms with Gasteiger partial charge in [0.15, 0.2) is 0 Å². The molecule has 0 saturated carbocycles. The van der Waals surface area contributed by atoms with E-state index in [-0.39, 0.29) is 12.2 Å². The Morgan fingerprint density at radius 2 is 2.05 bits per heavy atom. The molecule has 2 aromatic carbocycles. The summed E-state index contributed by atoms with van der Waals surface area (Å²) in [6.07, 6.45) is 0. The van der Waals surface area contributed by atoms with E-state index in [0.717, 1.165) is 9.64 Å². The molecule has 3 nitrogen and oxygen atoms in total. The molecule has 98 valence electrons. The molecule has 0 aliphatic heterocycles. The van der Waals surface area contributed by atoms with Crippen molar-refractivity contribution in [2.45, 2.75) is 6.61 Å². The second-order valence-corrected chi connectivity index (χ2v) is 5.10. The van der Waals surface area contributed by atoms with E-state index < -0.39 is 11.8 Å². The Morgan fingerprint density at radius 1 is 1.26 bits per heavy atom. The SMILES string of the molecule is O=C(O)c1ccc(F)cc1COc1cccc(I)c1. The zero-order valence-corrected chi connectivity index (χ0v) is 11.9. The van der Waals surface area contributed by atoms with E-state index in [0.29, 0.717) is 11.3 Å². The van der Waals surface area contributed by atoms with Gasteiger partial charge in [-0.1, -0.05) is 6.07 Å². The molecule has 5 heteroatoms. The van der Waals surface area contributed by atoms with Gasteiger partial charge >= 0.3 is 5.97 Å². The van der Waals surface area contributed by atoms with Crippen molar-refractivity contribution in [2.75, 3.05) is 0 Å². The normalized spacial score (nSPS) is 10.2. The molecule has 0 fully saturated rings. The van der Waals surface area contributed by atoms with Crippen LogP contribution in [0.15, 0.2) is 42.5 Å². The van der Waals surface area contributed by atoms with Crippen molar-refractivity contribution in [2.24, 2.45) is 0 Å². The molecule has 0 aliphatic carbocycles. The van der Waals surface area contributed by atoms with Gasteiger partial charge in [0.1, 0.15) is 18.2 Å². The Morgan fingerprint density at radius 3 is 2.74 bits per heavy atom. The highest BCUT2D eigenvalue weighted by Gasteiger charge is 2.11. The Balaban J connectivity index is 2.19. The lowest BCUT2D eigenvalue weighted by Gasteiger charge is -2.09. The molecular weight excluding hydrogens is 362 g/mol. The first-order chi connectivity index (χ1) is 9.06. The number of halogens is 2. The number of hydrogen-bond acceptors (Lipinski definition) is 2. The average molecular weight is 372 g/mol. The minimum atomic E-state index is -1.10. The number of ether oxygens (including phenoxy) is 1. The first-order valence-electron chi connectivity index (χ1n) is 5.46. The van der Waals surface area contributed by atoms with E-state index in [2.05, 4.69) is 22.6 Å². The van der Waals surface area contributed by atoms with Gasteiger partial charge in [0.2, 0.25) is 0 Å². The van der Waals surface area contributed by atoms with Crippen molar-refractivity contribution < 1.29 is 19.0 Å². The van der Waals surface area contributed by atoms with Gasteiger partial charge < -0.3 is 9.84 Å². The second kappa shape index (κ2) is 6.01. The van der Waals surface area contributed by atoms with Crippen LogP contribution in [0.3, 0.4) is 0 Å². The van der Waals surface area contributed by atoms with Crippen molar-refractivity contribution in [3.05, 3.63) is 63.0 Å².